The zero-order chi connectivity index (χ0) is 22.4. The maximum atomic E-state index is 13.4. The first kappa shape index (κ1) is 23.0. The van der Waals surface area contributed by atoms with Gasteiger partial charge in [0.2, 0.25) is 15.9 Å². The summed E-state index contributed by atoms with van der Waals surface area (Å²) in [6, 6.07) is 19.8. The van der Waals surface area contributed by atoms with E-state index in [0.29, 0.717) is 11.3 Å². The highest BCUT2D eigenvalue weighted by Gasteiger charge is 2.25. The Balaban J connectivity index is 1.93. The van der Waals surface area contributed by atoms with Crippen LogP contribution in [0.1, 0.15) is 21.5 Å². The van der Waals surface area contributed by atoms with Gasteiger partial charge in [-0.15, -0.1) is 0 Å². The van der Waals surface area contributed by atoms with Gasteiger partial charge in [0.25, 0.3) is 0 Å². The van der Waals surface area contributed by atoms with Gasteiger partial charge in [-0.1, -0.05) is 40.2 Å². The fraction of sp³-hybridized carbons (Fsp3) is 0.136. The minimum atomic E-state index is -3.83. The molecule has 0 aliphatic carbocycles. The zero-order valence-corrected chi connectivity index (χ0v) is 19.0. The minimum Gasteiger partial charge on any atom is -0.759 e. The fourth-order valence-corrected chi connectivity index (χ4v) is 4.62. The van der Waals surface area contributed by atoms with Crippen LogP contribution in [0.2, 0.25) is 0 Å². The molecule has 9 heteroatoms. The maximum Gasteiger partial charge on any atom is 0.243 e. The molecular weight excluding hydrogens is 484 g/mol. The Morgan fingerprint density at radius 3 is 1.94 bits per heavy atom. The van der Waals surface area contributed by atoms with Gasteiger partial charge in [-0.3, -0.25) is 4.79 Å². The van der Waals surface area contributed by atoms with Crippen molar-refractivity contribution in [2.75, 3.05) is 7.11 Å². The van der Waals surface area contributed by atoms with Crippen molar-refractivity contribution in [3.05, 3.63) is 99.2 Å². The number of methoxy groups -OCH3 is 1. The van der Waals surface area contributed by atoms with E-state index in [-0.39, 0.29) is 23.5 Å². The van der Waals surface area contributed by atoms with Crippen LogP contribution < -0.4 is 10.2 Å². The van der Waals surface area contributed by atoms with Crippen molar-refractivity contribution >= 4 is 31.9 Å². The topological polar surface area (TPSA) is 98.8 Å². The molecule has 0 bridgehead atoms. The molecule has 0 saturated carbocycles. The molecule has 1 amide bonds. The van der Waals surface area contributed by atoms with Gasteiger partial charge in [-0.2, -0.15) is 4.31 Å². The van der Waals surface area contributed by atoms with Crippen LogP contribution in [0.4, 0.5) is 0 Å². The molecule has 0 radical (unpaired) electrons. The highest BCUT2D eigenvalue weighted by atomic mass is 79.9. The number of sulfonamides is 1. The van der Waals surface area contributed by atoms with Gasteiger partial charge in [0.1, 0.15) is 5.75 Å². The molecule has 0 fully saturated rings. The lowest BCUT2D eigenvalue weighted by Gasteiger charge is -2.23. The summed E-state index contributed by atoms with van der Waals surface area (Å²) in [7, 11) is -2.31. The van der Waals surface area contributed by atoms with E-state index in [9.17, 15) is 18.4 Å². The number of carbonyl (C=O) groups is 1. The van der Waals surface area contributed by atoms with Crippen LogP contribution in [0.3, 0.4) is 0 Å². The number of hydrogen-bond donors (Lipinski definition) is 1. The smallest absolute Gasteiger partial charge is 0.243 e. The van der Waals surface area contributed by atoms with Crippen molar-refractivity contribution in [3.8, 4) is 5.75 Å². The molecule has 0 aromatic heterocycles. The molecule has 3 aromatic carbocycles. The van der Waals surface area contributed by atoms with Crippen molar-refractivity contribution in [2.24, 2.45) is 0 Å². The highest BCUT2D eigenvalue weighted by Crippen LogP contribution is 2.24. The molecule has 0 heterocycles. The van der Waals surface area contributed by atoms with Crippen molar-refractivity contribution in [1.82, 2.24) is 9.79 Å². The Morgan fingerprint density at radius 2 is 1.45 bits per heavy atom. The lowest BCUT2D eigenvalue weighted by Crippen LogP contribution is -2.30. The van der Waals surface area contributed by atoms with E-state index >= 15 is 0 Å². The third-order valence-electron chi connectivity index (χ3n) is 4.64. The molecule has 3 rings (SSSR count). The lowest BCUT2D eigenvalue weighted by molar-refractivity contribution is 0.0970. The Labute approximate surface area is 189 Å². The predicted molar refractivity (Wildman–Crippen MR) is 121 cm³/mol. The van der Waals surface area contributed by atoms with E-state index in [4.69, 9.17) is 4.74 Å². The van der Waals surface area contributed by atoms with Crippen LogP contribution in [0, 0.1) is 5.21 Å². The molecule has 162 valence electrons. The van der Waals surface area contributed by atoms with Crippen LogP contribution in [-0.2, 0) is 23.1 Å². The van der Waals surface area contributed by atoms with Gasteiger partial charge >= 0.3 is 0 Å². The molecule has 0 aliphatic heterocycles. The van der Waals surface area contributed by atoms with Gasteiger partial charge in [0.15, 0.2) is 0 Å². The zero-order valence-electron chi connectivity index (χ0n) is 16.6. The summed E-state index contributed by atoms with van der Waals surface area (Å²) in [5.74, 6) is -0.185. The third kappa shape index (κ3) is 5.71. The van der Waals surface area contributed by atoms with Gasteiger partial charge in [0.05, 0.1) is 12.0 Å². The molecule has 1 N–H and O–H groups in total. The van der Waals surface area contributed by atoms with Crippen LogP contribution >= 0.6 is 15.9 Å². The molecular formula is C22H20BrN2O5S-. The number of rotatable bonds is 8. The number of ether oxygens (including phenoxy) is 1. The largest absolute Gasteiger partial charge is 0.759 e. The molecule has 0 saturated heterocycles. The molecule has 0 atom stereocenters. The number of hydroxylamine groups is 1. The molecule has 3 aromatic rings. The summed E-state index contributed by atoms with van der Waals surface area (Å²) in [6.07, 6.45) is 0. The van der Waals surface area contributed by atoms with Crippen LogP contribution in [0.5, 0.6) is 5.75 Å². The van der Waals surface area contributed by atoms with Crippen molar-refractivity contribution in [1.29, 1.82) is 0 Å². The first-order chi connectivity index (χ1) is 14.8. The highest BCUT2D eigenvalue weighted by molar-refractivity contribution is 9.10. The van der Waals surface area contributed by atoms with Crippen molar-refractivity contribution in [3.63, 3.8) is 0 Å². The monoisotopic (exact) mass is 503 g/mol. The second kappa shape index (κ2) is 10.1. The summed E-state index contributed by atoms with van der Waals surface area (Å²) in [5.41, 5.74) is 3.03. The first-order valence-electron chi connectivity index (χ1n) is 9.23. The second-order valence-corrected chi connectivity index (χ2v) is 9.56. The minimum absolute atomic E-state index is 0.0870. The number of halogens is 1. The summed E-state index contributed by atoms with van der Waals surface area (Å²) >= 11 is 3.38. The Kier molecular flexibility index (Phi) is 7.45. The quantitative estimate of drug-likeness (QED) is 0.467. The average Bonchev–Trinajstić information content (AvgIpc) is 2.80. The number of hydrogen-bond acceptors (Lipinski definition) is 5. The summed E-state index contributed by atoms with van der Waals surface area (Å²) in [6.45, 7) is 0.244. The van der Waals surface area contributed by atoms with Crippen molar-refractivity contribution < 1.29 is 17.9 Å². The van der Waals surface area contributed by atoms with E-state index in [1.165, 1.54) is 41.2 Å². The van der Waals surface area contributed by atoms with Crippen LogP contribution in [0.15, 0.2) is 82.2 Å². The third-order valence-corrected chi connectivity index (χ3v) is 6.97. The predicted octanol–water partition coefficient (Wildman–Crippen LogP) is 4.08. The Morgan fingerprint density at radius 1 is 0.935 bits per heavy atom. The Hall–Kier alpha value is -2.72. The normalized spacial score (nSPS) is 11.4. The van der Waals surface area contributed by atoms with Crippen LogP contribution in [-0.4, -0.2) is 25.7 Å². The summed E-state index contributed by atoms with van der Waals surface area (Å²) < 4.78 is 34.2. The molecule has 0 spiro atoms. The fourth-order valence-electron chi connectivity index (χ4n) is 2.94. The SMILES string of the molecule is COc1ccc(S(=O)(=O)N(Cc2ccc(Br)cc2)Cc2ccc(C(=O)N[O-])cc2)cc1. The number of nitrogens with zero attached hydrogens (tertiary/aromatic N) is 1. The molecule has 7 nitrogen and oxygen atoms in total. The van der Waals surface area contributed by atoms with Crippen LogP contribution in [0.25, 0.3) is 0 Å². The van der Waals surface area contributed by atoms with E-state index in [1.54, 1.807) is 24.3 Å². The number of amides is 1. The molecule has 31 heavy (non-hydrogen) atoms. The lowest BCUT2D eigenvalue weighted by atomic mass is 10.1. The summed E-state index contributed by atoms with van der Waals surface area (Å²) in [5, 5.41) is 10.6. The maximum absolute atomic E-state index is 13.4. The number of carbonyl (C=O) groups excluding carboxylic acids is 1. The summed E-state index contributed by atoms with van der Waals surface area (Å²) in [4.78, 5) is 11.6. The van der Waals surface area contributed by atoms with Crippen molar-refractivity contribution in [2.45, 2.75) is 18.0 Å². The van der Waals surface area contributed by atoms with Gasteiger partial charge in [-0.05, 0) is 59.7 Å². The Bertz CT molecular complexity index is 1130. The number of nitrogens with one attached hydrogen (secondary N) is 1. The second-order valence-electron chi connectivity index (χ2n) is 6.70. The van der Waals surface area contributed by atoms with E-state index in [0.717, 1.165) is 10.0 Å². The first-order valence-corrected chi connectivity index (χ1v) is 11.5. The average molecular weight is 504 g/mol. The number of benzene rings is 3. The van der Waals surface area contributed by atoms with E-state index in [1.807, 2.05) is 24.3 Å². The standard InChI is InChI=1S/C22H20BrN2O5S/c1-30-20-10-12-21(13-11-20)31(28,29)25(15-17-4-8-19(23)9-5-17)14-16-2-6-18(7-3-16)22(26)24-27/h2-13H,14-15H2,1H3,(H-,24,26,27)/q-1. The van der Waals surface area contributed by atoms with E-state index in [2.05, 4.69) is 15.9 Å². The van der Waals surface area contributed by atoms with Gasteiger partial charge in [-0.25, -0.2) is 8.42 Å². The molecule has 0 unspecified atom stereocenters. The van der Waals surface area contributed by atoms with Gasteiger partial charge < -0.3 is 15.4 Å². The van der Waals surface area contributed by atoms with Gasteiger partial charge in [0, 0.05) is 23.1 Å². The van der Waals surface area contributed by atoms with E-state index < -0.39 is 15.9 Å². The molecule has 0 aliphatic rings.